The summed E-state index contributed by atoms with van der Waals surface area (Å²) in [5.41, 5.74) is 0. The zero-order chi connectivity index (χ0) is 14.5. The monoisotopic (exact) mass is 282 g/mol. The molecule has 0 bridgehead atoms. The van der Waals surface area contributed by atoms with Crippen molar-refractivity contribution in [3.05, 3.63) is 0 Å². The van der Waals surface area contributed by atoms with Crippen molar-refractivity contribution in [2.75, 3.05) is 19.7 Å². The minimum absolute atomic E-state index is 0.129. The van der Waals surface area contributed by atoms with E-state index in [1.165, 1.54) is 0 Å². The molecule has 0 aliphatic carbocycles. The van der Waals surface area contributed by atoms with E-state index in [1.54, 1.807) is 0 Å². The van der Waals surface area contributed by atoms with Gasteiger partial charge in [0, 0.05) is 32.2 Å². The Hall–Kier alpha value is -1.10. The summed E-state index contributed by atoms with van der Waals surface area (Å²) in [6.45, 7) is 6.25. The Morgan fingerprint density at radius 1 is 1.25 bits per heavy atom. The van der Waals surface area contributed by atoms with Crippen molar-refractivity contribution < 1.29 is 14.3 Å². The van der Waals surface area contributed by atoms with Crippen LogP contribution in [-0.4, -0.2) is 48.6 Å². The van der Waals surface area contributed by atoms with E-state index < -0.39 is 0 Å². The molecular weight excluding hydrogens is 256 g/mol. The number of hydrogen-bond acceptors (Lipinski definition) is 3. The van der Waals surface area contributed by atoms with E-state index in [2.05, 4.69) is 5.32 Å². The maximum atomic E-state index is 12.2. The predicted molar refractivity (Wildman–Crippen MR) is 76.2 cm³/mol. The quantitative estimate of drug-likeness (QED) is 0.846. The van der Waals surface area contributed by atoms with Gasteiger partial charge in [0.15, 0.2) is 0 Å². The number of amides is 2. The van der Waals surface area contributed by atoms with Gasteiger partial charge in [-0.1, -0.05) is 13.8 Å². The number of nitrogens with zero attached hydrogens (tertiary/aromatic N) is 1. The number of piperidine rings is 1. The van der Waals surface area contributed by atoms with Crippen molar-refractivity contribution in [3.63, 3.8) is 0 Å². The van der Waals surface area contributed by atoms with Gasteiger partial charge in [-0.05, 0) is 31.6 Å². The first-order chi connectivity index (χ1) is 9.56. The second-order valence-electron chi connectivity index (χ2n) is 6.27. The van der Waals surface area contributed by atoms with Crippen LogP contribution >= 0.6 is 0 Å². The second-order valence-corrected chi connectivity index (χ2v) is 6.27. The Balaban J connectivity index is 1.72. The third kappa shape index (κ3) is 4.20. The fraction of sp³-hybridized carbons (Fsp3) is 0.867. The summed E-state index contributed by atoms with van der Waals surface area (Å²) in [6, 6.07) is 0.217. The molecule has 2 aliphatic rings. The number of rotatable bonds is 4. The number of likely N-dealkylation sites (tertiary alicyclic amines) is 1. The molecule has 0 aromatic heterocycles. The van der Waals surface area contributed by atoms with Crippen molar-refractivity contribution in [1.29, 1.82) is 0 Å². The zero-order valence-electron chi connectivity index (χ0n) is 12.6. The number of carbonyl (C=O) groups is 2. The van der Waals surface area contributed by atoms with Crippen LogP contribution in [0.25, 0.3) is 0 Å². The van der Waals surface area contributed by atoms with Gasteiger partial charge in [0.1, 0.15) is 6.10 Å². The topological polar surface area (TPSA) is 58.6 Å². The third-order valence-corrected chi connectivity index (χ3v) is 3.97. The van der Waals surface area contributed by atoms with Crippen LogP contribution in [0.1, 0.15) is 46.0 Å². The molecule has 0 aromatic rings. The SMILES string of the molecule is CC(C)CC(=O)NC1CCN(C(=O)C2CCCO2)CC1. The highest BCUT2D eigenvalue weighted by atomic mass is 16.5. The van der Waals surface area contributed by atoms with Gasteiger partial charge in [-0.25, -0.2) is 0 Å². The molecule has 5 nitrogen and oxygen atoms in total. The average Bonchev–Trinajstić information content (AvgIpc) is 2.91. The summed E-state index contributed by atoms with van der Waals surface area (Å²) in [5.74, 6) is 0.648. The molecular formula is C15H26N2O3. The van der Waals surface area contributed by atoms with Crippen LogP contribution in [0.15, 0.2) is 0 Å². The summed E-state index contributed by atoms with van der Waals surface area (Å²) in [6.07, 6.45) is 3.89. The van der Waals surface area contributed by atoms with E-state index >= 15 is 0 Å². The number of hydrogen-bond donors (Lipinski definition) is 1. The van der Waals surface area contributed by atoms with Gasteiger partial charge in [0.05, 0.1) is 0 Å². The van der Waals surface area contributed by atoms with Gasteiger partial charge in [-0.3, -0.25) is 9.59 Å². The van der Waals surface area contributed by atoms with Crippen molar-refractivity contribution in [3.8, 4) is 0 Å². The smallest absolute Gasteiger partial charge is 0.251 e. The third-order valence-electron chi connectivity index (χ3n) is 3.97. The lowest BCUT2D eigenvalue weighted by atomic mass is 10.0. The molecule has 2 saturated heterocycles. The lowest BCUT2D eigenvalue weighted by Crippen LogP contribution is -2.49. The van der Waals surface area contributed by atoms with Crippen LogP contribution in [0.5, 0.6) is 0 Å². The Kier molecular flexibility index (Phi) is 5.40. The van der Waals surface area contributed by atoms with Crippen LogP contribution in [0.2, 0.25) is 0 Å². The fourth-order valence-electron chi connectivity index (χ4n) is 2.88. The molecule has 1 unspecified atom stereocenters. The Morgan fingerprint density at radius 3 is 2.50 bits per heavy atom. The molecule has 2 fully saturated rings. The molecule has 0 radical (unpaired) electrons. The van der Waals surface area contributed by atoms with E-state index in [9.17, 15) is 9.59 Å². The van der Waals surface area contributed by atoms with Crippen LogP contribution in [-0.2, 0) is 14.3 Å². The van der Waals surface area contributed by atoms with Crippen LogP contribution < -0.4 is 5.32 Å². The molecule has 0 aromatic carbocycles. The van der Waals surface area contributed by atoms with Gasteiger partial charge in [0.25, 0.3) is 5.91 Å². The van der Waals surface area contributed by atoms with Gasteiger partial charge >= 0.3 is 0 Å². The Labute approximate surface area is 121 Å². The van der Waals surface area contributed by atoms with Crippen LogP contribution in [0.4, 0.5) is 0 Å². The van der Waals surface area contributed by atoms with Crippen LogP contribution in [0, 0.1) is 5.92 Å². The number of nitrogens with one attached hydrogen (secondary N) is 1. The minimum Gasteiger partial charge on any atom is -0.368 e. The second kappa shape index (κ2) is 7.07. The Morgan fingerprint density at radius 2 is 1.95 bits per heavy atom. The summed E-state index contributed by atoms with van der Waals surface area (Å²) >= 11 is 0. The van der Waals surface area contributed by atoms with Gasteiger partial charge in [0.2, 0.25) is 5.91 Å². The molecule has 20 heavy (non-hydrogen) atoms. The predicted octanol–water partition coefficient (Wildman–Crippen LogP) is 1.32. The molecule has 1 atom stereocenters. The van der Waals surface area contributed by atoms with Crippen molar-refractivity contribution in [1.82, 2.24) is 10.2 Å². The summed E-state index contributed by atoms with van der Waals surface area (Å²) in [4.78, 5) is 25.8. The lowest BCUT2D eigenvalue weighted by molar-refractivity contribution is -0.142. The van der Waals surface area contributed by atoms with E-state index in [0.717, 1.165) is 38.8 Å². The maximum Gasteiger partial charge on any atom is 0.251 e. The fourth-order valence-corrected chi connectivity index (χ4v) is 2.88. The molecule has 2 amide bonds. The maximum absolute atomic E-state index is 12.2. The number of carbonyl (C=O) groups excluding carboxylic acids is 2. The van der Waals surface area contributed by atoms with E-state index in [-0.39, 0.29) is 24.0 Å². The normalized spacial score (nSPS) is 24.1. The van der Waals surface area contributed by atoms with Gasteiger partial charge in [-0.2, -0.15) is 0 Å². The molecule has 0 spiro atoms. The molecule has 5 heteroatoms. The Bertz CT molecular complexity index is 343. The van der Waals surface area contributed by atoms with Crippen molar-refractivity contribution >= 4 is 11.8 Å². The first-order valence-corrected chi connectivity index (χ1v) is 7.76. The van der Waals surface area contributed by atoms with Crippen molar-refractivity contribution in [2.24, 2.45) is 5.92 Å². The minimum atomic E-state index is -0.220. The standard InChI is InChI=1S/C15H26N2O3/c1-11(2)10-14(18)16-12-5-7-17(8-6-12)15(19)13-4-3-9-20-13/h11-13H,3-10H2,1-2H3,(H,16,18). The molecule has 114 valence electrons. The van der Waals surface area contributed by atoms with E-state index in [4.69, 9.17) is 4.74 Å². The molecule has 2 aliphatic heterocycles. The first kappa shape index (κ1) is 15.3. The van der Waals surface area contributed by atoms with E-state index in [0.29, 0.717) is 18.9 Å². The highest BCUT2D eigenvalue weighted by Gasteiger charge is 2.31. The first-order valence-electron chi connectivity index (χ1n) is 7.76. The van der Waals surface area contributed by atoms with Crippen molar-refractivity contribution in [2.45, 2.75) is 58.1 Å². The molecule has 0 saturated carbocycles. The molecule has 2 heterocycles. The van der Waals surface area contributed by atoms with Crippen LogP contribution in [0.3, 0.4) is 0 Å². The summed E-state index contributed by atoms with van der Waals surface area (Å²) in [7, 11) is 0. The summed E-state index contributed by atoms with van der Waals surface area (Å²) < 4.78 is 5.44. The average molecular weight is 282 g/mol. The lowest BCUT2D eigenvalue weighted by Gasteiger charge is -2.33. The molecule has 1 N–H and O–H groups in total. The molecule has 2 rings (SSSR count). The van der Waals surface area contributed by atoms with Gasteiger partial charge < -0.3 is 15.0 Å². The highest BCUT2D eigenvalue weighted by Crippen LogP contribution is 2.18. The van der Waals surface area contributed by atoms with Gasteiger partial charge in [-0.15, -0.1) is 0 Å². The number of ether oxygens (including phenoxy) is 1. The zero-order valence-corrected chi connectivity index (χ0v) is 12.6. The van der Waals surface area contributed by atoms with E-state index in [1.807, 2.05) is 18.7 Å². The summed E-state index contributed by atoms with van der Waals surface area (Å²) in [5, 5.41) is 3.07. The highest BCUT2D eigenvalue weighted by molar-refractivity contribution is 5.81. The largest absolute Gasteiger partial charge is 0.368 e.